The standard InChI is InChI=1S/C12H14F3N.ClH/c13-12(14,15)11-3-1-2-10(8-11)9-4-6-16-7-5-9;/h1-3,8-9,16H,4-7H2;1H/p+1. The largest absolute Gasteiger partial charge is 0.416 e. The van der Waals surface area contributed by atoms with Crippen LogP contribution in [-0.4, -0.2) is 13.1 Å². The molecule has 5 heteroatoms. The molecular formula is C12H16ClF3N+. The molecule has 0 amide bonds. The molecule has 0 aliphatic carbocycles. The number of hydrogen-bond donors (Lipinski definition) is 1. The number of hydrogen-bond acceptors (Lipinski definition) is 0. The Hall–Kier alpha value is -0.740. The molecule has 0 saturated carbocycles. The molecule has 0 aromatic heterocycles. The van der Waals surface area contributed by atoms with Crippen molar-refractivity contribution >= 4 is 12.4 Å². The summed E-state index contributed by atoms with van der Waals surface area (Å²) >= 11 is 0. The molecule has 0 atom stereocenters. The Labute approximate surface area is 105 Å². The van der Waals surface area contributed by atoms with E-state index < -0.39 is 11.7 Å². The van der Waals surface area contributed by atoms with E-state index in [1.54, 1.807) is 0 Å². The maximum Gasteiger partial charge on any atom is 0.416 e. The Kier molecular flexibility index (Phi) is 4.83. The lowest BCUT2D eigenvalue weighted by molar-refractivity contribution is -0.663. The maximum atomic E-state index is 12.5. The van der Waals surface area contributed by atoms with Crippen LogP contribution in [0.4, 0.5) is 13.2 Å². The van der Waals surface area contributed by atoms with Crippen LogP contribution in [0.2, 0.25) is 0 Å². The minimum absolute atomic E-state index is 0. The second kappa shape index (κ2) is 5.74. The third-order valence-electron chi connectivity index (χ3n) is 3.12. The quantitative estimate of drug-likeness (QED) is 0.805. The normalized spacial score (nSPS) is 17.6. The summed E-state index contributed by atoms with van der Waals surface area (Å²) in [5.41, 5.74) is 0.308. The number of alkyl halides is 3. The Morgan fingerprint density at radius 2 is 1.76 bits per heavy atom. The molecule has 2 N–H and O–H groups in total. The fraction of sp³-hybridized carbons (Fsp3) is 0.500. The van der Waals surface area contributed by atoms with E-state index in [1.807, 2.05) is 6.07 Å². The van der Waals surface area contributed by atoms with Gasteiger partial charge in [-0.3, -0.25) is 0 Å². The minimum atomic E-state index is -4.23. The summed E-state index contributed by atoms with van der Waals surface area (Å²) in [5, 5.41) is 2.21. The summed E-state index contributed by atoms with van der Waals surface area (Å²) in [7, 11) is 0. The summed E-state index contributed by atoms with van der Waals surface area (Å²) in [6.07, 6.45) is -2.28. The van der Waals surface area contributed by atoms with Gasteiger partial charge in [-0.1, -0.05) is 18.2 Å². The highest BCUT2D eigenvalue weighted by atomic mass is 35.5. The van der Waals surface area contributed by atoms with Gasteiger partial charge in [-0.2, -0.15) is 13.2 Å². The zero-order valence-electron chi connectivity index (χ0n) is 9.33. The highest BCUT2D eigenvalue weighted by Gasteiger charge is 2.31. The third-order valence-corrected chi connectivity index (χ3v) is 3.12. The molecule has 1 heterocycles. The Balaban J connectivity index is 0.00000144. The lowest BCUT2D eigenvalue weighted by Gasteiger charge is -2.21. The van der Waals surface area contributed by atoms with Gasteiger partial charge in [-0.05, 0) is 17.5 Å². The van der Waals surface area contributed by atoms with Gasteiger partial charge in [0.25, 0.3) is 0 Å². The van der Waals surface area contributed by atoms with E-state index in [0.717, 1.165) is 37.6 Å². The van der Waals surface area contributed by atoms with E-state index in [4.69, 9.17) is 0 Å². The zero-order chi connectivity index (χ0) is 11.6. The van der Waals surface area contributed by atoms with Crippen molar-refractivity contribution in [2.75, 3.05) is 13.1 Å². The van der Waals surface area contributed by atoms with Crippen LogP contribution in [0, 0.1) is 0 Å². The first-order valence-electron chi connectivity index (χ1n) is 5.56. The molecule has 1 nitrogen and oxygen atoms in total. The van der Waals surface area contributed by atoms with E-state index in [0.29, 0.717) is 5.92 Å². The number of nitrogens with two attached hydrogens (primary N) is 1. The van der Waals surface area contributed by atoms with Crippen molar-refractivity contribution in [2.24, 2.45) is 0 Å². The molecule has 17 heavy (non-hydrogen) atoms. The fourth-order valence-corrected chi connectivity index (χ4v) is 2.23. The molecule has 96 valence electrons. The molecule has 0 unspecified atom stereocenters. The zero-order valence-corrected chi connectivity index (χ0v) is 10.2. The van der Waals surface area contributed by atoms with Crippen LogP contribution >= 0.6 is 12.4 Å². The van der Waals surface area contributed by atoms with Gasteiger partial charge < -0.3 is 5.32 Å². The number of halogens is 4. The number of piperidine rings is 1. The second-order valence-corrected chi connectivity index (χ2v) is 4.26. The van der Waals surface area contributed by atoms with Gasteiger partial charge >= 0.3 is 6.18 Å². The predicted molar refractivity (Wildman–Crippen MR) is 62.3 cm³/mol. The molecule has 2 rings (SSSR count). The molecule has 1 aromatic rings. The summed E-state index contributed by atoms with van der Waals surface area (Å²) in [5.74, 6) is 0.298. The molecule has 1 aromatic carbocycles. The van der Waals surface area contributed by atoms with Crippen molar-refractivity contribution in [3.63, 3.8) is 0 Å². The van der Waals surface area contributed by atoms with Crippen molar-refractivity contribution in [3.8, 4) is 0 Å². The summed E-state index contributed by atoms with van der Waals surface area (Å²) in [4.78, 5) is 0. The average Bonchev–Trinajstić information content (AvgIpc) is 2.29. The summed E-state index contributed by atoms with van der Waals surface area (Å²) in [6.45, 7) is 2.03. The Morgan fingerprint density at radius 3 is 2.35 bits per heavy atom. The van der Waals surface area contributed by atoms with Crippen molar-refractivity contribution in [1.29, 1.82) is 0 Å². The van der Waals surface area contributed by atoms with E-state index in [2.05, 4.69) is 5.32 Å². The van der Waals surface area contributed by atoms with Gasteiger partial charge in [0.2, 0.25) is 0 Å². The van der Waals surface area contributed by atoms with Gasteiger partial charge in [0.15, 0.2) is 0 Å². The van der Waals surface area contributed by atoms with E-state index >= 15 is 0 Å². The van der Waals surface area contributed by atoms with Gasteiger partial charge in [0.05, 0.1) is 18.7 Å². The number of benzene rings is 1. The van der Waals surface area contributed by atoms with Gasteiger partial charge in [-0.15, -0.1) is 12.4 Å². The molecule has 1 saturated heterocycles. The molecule has 1 aliphatic heterocycles. The number of quaternary nitrogens is 1. The average molecular weight is 267 g/mol. The van der Waals surface area contributed by atoms with Crippen LogP contribution in [0.5, 0.6) is 0 Å². The van der Waals surface area contributed by atoms with Crippen LogP contribution in [0.15, 0.2) is 24.3 Å². The number of rotatable bonds is 1. The summed E-state index contributed by atoms with van der Waals surface area (Å²) < 4.78 is 37.6. The van der Waals surface area contributed by atoms with E-state index in [1.165, 1.54) is 12.1 Å². The third kappa shape index (κ3) is 3.61. The first-order chi connectivity index (χ1) is 7.57. The smallest absolute Gasteiger partial charge is 0.346 e. The molecule has 0 radical (unpaired) electrons. The van der Waals surface area contributed by atoms with E-state index in [9.17, 15) is 13.2 Å². The first kappa shape index (κ1) is 14.3. The summed E-state index contributed by atoms with van der Waals surface area (Å²) in [6, 6.07) is 5.76. The monoisotopic (exact) mass is 266 g/mol. The van der Waals surface area contributed by atoms with E-state index in [-0.39, 0.29) is 12.4 Å². The lowest BCUT2D eigenvalue weighted by atomic mass is 9.89. The highest BCUT2D eigenvalue weighted by Crippen LogP contribution is 2.32. The van der Waals surface area contributed by atoms with Crippen LogP contribution < -0.4 is 5.32 Å². The second-order valence-electron chi connectivity index (χ2n) is 4.26. The highest BCUT2D eigenvalue weighted by molar-refractivity contribution is 5.85. The lowest BCUT2D eigenvalue weighted by Crippen LogP contribution is -2.86. The van der Waals surface area contributed by atoms with Crippen molar-refractivity contribution < 1.29 is 18.5 Å². The molecule has 1 fully saturated rings. The molecule has 1 aliphatic rings. The van der Waals surface area contributed by atoms with Crippen LogP contribution in [0.25, 0.3) is 0 Å². The van der Waals surface area contributed by atoms with Gasteiger partial charge in [0.1, 0.15) is 0 Å². The van der Waals surface area contributed by atoms with Crippen LogP contribution in [0.1, 0.15) is 29.9 Å². The van der Waals surface area contributed by atoms with Crippen molar-refractivity contribution in [2.45, 2.75) is 24.9 Å². The van der Waals surface area contributed by atoms with Crippen LogP contribution in [-0.2, 0) is 6.18 Å². The molecular weight excluding hydrogens is 251 g/mol. The topological polar surface area (TPSA) is 16.6 Å². The maximum absolute atomic E-state index is 12.5. The minimum Gasteiger partial charge on any atom is -0.346 e. The Bertz CT molecular complexity index is 359. The van der Waals surface area contributed by atoms with Crippen molar-refractivity contribution in [3.05, 3.63) is 35.4 Å². The van der Waals surface area contributed by atoms with Gasteiger partial charge in [-0.25, -0.2) is 0 Å². The Morgan fingerprint density at radius 1 is 1.12 bits per heavy atom. The van der Waals surface area contributed by atoms with Gasteiger partial charge in [0, 0.05) is 12.8 Å². The molecule has 0 spiro atoms. The SMILES string of the molecule is Cl.FC(F)(F)c1cccc(C2CC[NH2+]CC2)c1. The van der Waals surface area contributed by atoms with Crippen LogP contribution in [0.3, 0.4) is 0 Å². The van der Waals surface area contributed by atoms with Crippen molar-refractivity contribution in [1.82, 2.24) is 0 Å². The predicted octanol–water partition coefficient (Wildman–Crippen LogP) is 2.57. The first-order valence-corrected chi connectivity index (χ1v) is 5.56. The fourth-order valence-electron chi connectivity index (χ4n) is 2.23. The molecule has 0 bridgehead atoms.